The summed E-state index contributed by atoms with van der Waals surface area (Å²) in [6.07, 6.45) is 1.59. The van der Waals surface area contributed by atoms with Crippen LogP contribution < -0.4 is 0 Å². The molecule has 4 aromatic rings. The van der Waals surface area contributed by atoms with Crippen LogP contribution in [0.25, 0.3) is 21.9 Å². The second kappa shape index (κ2) is 11.3. The van der Waals surface area contributed by atoms with Crippen LogP contribution >= 0.6 is 0 Å². The predicted octanol–water partition coefficient (Wildman–Crippen LogP) is 5.42. The van der Waals surface area contributed by atoms with Crippen molar-refractivity contribution in [1.82, 2.24) is 4.31 Å². The summed E-state index contributed by atoms with van der Waals surface area (Å²) >= 11 is 0. The second-order valence-electron chi connectivity index (χ2n) is 10.5. The molecule has 0 saturated carbocycles. The van der Waals surface area contributed by atoms with Crippen LogP contribution in [0.4, 0.5) is 5.69 Å². The maximum Gasteiger partial charge on any atom is 0.289 e. The molecular weight excluding hydrogens is 585 g/mol. The Morgan fingerprint density at radius 1 is 0.837 bits per heavy atom. The first-order valence-electron chi connectivity index (χ1n) is 13.7. The van der Waals surface area contributed by atoms with E-state index in [0.717, 1.165) is 38.6 Å². The van der Waals surface area contributed by atoms with E-state index in [2.05, 4.69) is 23.7 Å². The molecule has 2 heterocycles. The van der Waals surface area contributed by atoms with Crippen LogP contribution in [0.3, 0.4) is 0 Å². The summed E-state index contributed by atoms with van der Waals surface area (Å²) in [6, 6.07) is 20.5. The maximum atomic E-state index is 13.7. The van der Waals surface area contributed by atoms with Gasteiger partial charge in [-0.3, -0.25) is 10.1 Å². The van der Waals surface area contributed by atoms with Gasteiger partial charge < -0.3 is 0 Å². The van der Waals surface area contributed by atoms with E-state index < -0.39 is 30.5 Å². The zero-order chi connectivity index (χ0) is 30.2. The Labute approximate surface area is 250 Å². The number of hydrogen-bond acceptors (Lipinski definition) is 6. The molecule has 0 unspecified atom stereocenters. The number of fused-ring (bicyclic) bond motifs is 4. The highest BCUT2D eigenvalue weighted by atomic mass is 32.2. The third kappa shape index (κ3) is 5.53. The van der Waals surface area contributed by atoms with Crippen LogP contribution in [0.1, 0.15) is 41.5 Å². The fourth-order valence-corrected chi connectivity index (χ4v) is 8.83. The molecule has 0 aliphatic carbocycles. The van der Waals surface area contributed by atoms with Crippen LogP contribution in [-0.2, 0) is 31.4 Å². The molecule has 8 nitrogen and oxygen atoms in total. The first kappa shape index (κ1) is 28.6. The fourth-order valence-electron chi connectivity index (χ4n) is 5.68. The molecule has 216 valence electrons. The molecular formula is C33H26N2O6S2. The summed E-state index contributed by atoms with van der Waals surface area (Å²) in [4.78, 5) is 10.6. The highest BCUT2D eigenvalue weighted by Gasteiger charge is 2.32. The number of hydrogen-bond donors (Lipinski definition) is 0. The molecule has 10 heteroatoms. The summed E-state index contributed by atoms with van der Waals surface area (Å²) < 4.78 is 54.1. The molecule has 0 N–H and O–H groups in total. The lowest BCUT2D eigenvalue weighted by Crippen LogP contribution is -2.33. The molecule has 0 radical (unpaired) electrons. The Kier molecular flexibility index (Phi) is 7.53. The Bertz CT molecular complexity index is 2150. The van der Waals surface area contributed by atoms with Crippen molar-refractivity contribution < 1.29 is 21.8 Å². The topological polar surface area (TPSA) is 115 Å². The lowest BCUT2D eigenvalue weighted by Gasteiger charge is -2.20. The number of sulfone groups is 1. The van der Waals surface area contributed by atoms with Gasteiger partial charge in [0.2, 0.25) is 0 Å². The molecule has 4 bridgehead atoms. The number of sulfonamides is 1. The molecule has 0 amide bonds. The van der Waals surface area contributed by atoms with Gasteiger partial charge in [-0.1, -0.05) is 66.1 Å². The van der Waals surface area contributed by atoms with Crippen LogP contribution in [-0.4, -0.2) is 39.2 Å². The van der Waals surface area contributed by atoms with Crippen LogP contribution in [0.5, 0.6) is 0 Å². The maximum absolute atomic E-state index is 13.7. The normalized spacial score (nSPS) is 16.4. The fraction of sp³-hybridized carbons (Fsp3) is 0.212. The molecule has 6 rings (SSSR count). The molecule has 0 spiro atoms. The summed E-state index contributed by atoms with van der Waals surface area (Å²) in [5.74, 6) is 12.5. The number of rotatable bonds is 3. The largest absolute Gasteiger partial charge is 0.289 e. The monoisotopic (exact) mass is 610 g/mol. The molecule has 0 aromatic heterocycles. The van der Waals surface area contributed by atoms with E-state index >= 15 is 0 Å². The predicted molar refractivity (Wildman–Crippen MR) is 165 cm³/mol. The first-order valence-corrected chi connectivity index (χ1v) is 17.0. The first-order chi connectivity index (χ1) is 20.7. The average Bonchev–Trinajstić information content (AvgIpc) is 3.30. The number of nitro benzene ring substituents is 1. The Balaban J connectivity index is 1.53. The number of nitrogens with zero attached hydrogens (tertiary/aromatic N) is 2. The van der Waals surface area contributed by atoms with E-state index in [-0.39, 0.29) is 29.5 Å². The van der Waals surface area contributed by atoms with Crippen molar-refractivity contribution in [2.45, 2.75) is 35.7 Å². The zero-order valence-electron chi connectivity index (χ0n) is 23.0. The van der Waals surface area contributed by atoms with Crippen LogP contribution in [0.2, 0.25) is 0 Å². The van der Waals surface area contributed by atoms with Gasteiger partial charge in [0, 0.05) is 30.2 Å². The third-order valence-corrected chi connectivity index (χ3v) is 11.0. The highest BCUT2D eigenvalue weighted by molar-refractivity contribution is 7.90. The van der Waals surface area contributed by atoms with Gasteiger partial charge in [-0.25, -0.2) is 16.8 Å². The van der Waals surface area contributed by atoms with Gasteiger partial charge in [0.15, 0.2) is 14.7 Å². The van der Waals surface area contributed by atoms with Gasteiger partial charge >= 0.3 is 0 Å². The molecule has 2 aliphatic rings. The van der Waals surface area contributed by atoms with Crippen LogP contribution in [0.15, 0.2) is 77.7 Å². The van der Waals surface area contributed by atoms with Crippen molar-refractivity contribution in [1.29, 1.82) is 0 Å². The van der Waals surface area contributed by atoms with Crippen LogP contribution in [0, 0.1) is 33.8 Å². The summed E-state index contributed by atoms with van der Waals surface area (Å²) in [5, 5.41) is 13.2. The van der Waals surface area contributed by atoms with E-state index in [9.17, 15) is 26.9 Å². The second-order valence-corrected chi connectivity index (χ2v) is 14.5. The minimum atomic E-state index is -4.24. The van der Waals surface area contributed by atoms with Gasteiger partial charge in [0.25, 0.3) is 15.7 Å². The molecule has 2 aliphatic heterocycles. The van der Waals surface area contributed by atoms with E-state index in [1.54, 1.807) is 0 Å². The van der Waals surface area contributed by atoms with Gasteiger partial charge in [-0.2, -0.15) is 4.31 Å². The Morgan fingerprint density at radius 3 is 2.42 bits per heavy atom. The summed E-state index contributed by atoms with van der Waals surface area (Å²) in [6.45, 7) is -0.0577. The average molecular weight is 611 g/mol. The van der Waals surface area contributed by atoms with Gasteiger partial charge in [0.05, 0.1) is 23.0 Å². The lowest BCUT2D eigenvalue weighted by molar-refractivity contribution is -0.387. The molecule has 0 atom stereocenters. The van der Waals surface area contributed by atoms with E-state index in [1.807, 2.05) is 48.5 Å². The molecule has 0 saturated heterocycles. The highest BCUT2D eigenvalue weighted by Crippen LogP contribution is 2.42. The van der Waals surface area contributed by atoms with Crippen molar-refractivity contribution in [2.24, 2.45) is 0 Å². The quantitative estimate of drug-likeness (QED) is 0.174. The van der Waals surface area contributed by atoms with Gasteiger partial charge in [-0.05, 0) is 70.1 Å². The standard InChI is InChI=1S/C33H26N2O6S2/c36-35(37)31-17-6-7-18-32(31)43(40,41)34-19-8-2-1-3-11-24-12-4-5-15-27(24)33-28-16-9-13-25(14-10-20-34)29(28)21-26-22-42(38,39)23-30(26)33/h4-7,9,12-13,15-18,21H,1-2,8,19-20,22-23H2. The molecule has 0 fully saturated rings. The molecule has 4 aromatic carbocycles. The SMILES string of the molecule is O=[N+]([O-])c1ccccc1S(=O)(=O)N1CC#Cc2cccc3c(c4c(cc23)CS(=O)(=O)C4)-c2ccccc2C#CCCCC1. The van der Waals surface area contributed by atoms with Crippen molar-refractivity contribution >= 4 is 36.3 Å². The third-order valence-electron chi connectivity index (χ3n) is 7.66. The minimum absolute atomic E-state index is 0.0519. The van der Waals surface area contributed by atoms with Gasteiger partial charge in [-0.15, -0.1) is 0 Å². The van der Waals surface area contributed by atoms with E-state index in [0.29, 0.717) is 24.8 Å². The Morgan fingerprint density at radius 2 is 1.58 bits per heavy atom. The zero-order valence-corrected chi connectivity index (χ0v) is 24.7. The summed E-state index contributed by atoms with van der Waals surface area (Å²) in [7, 11) is -7.56. The Hall–Kier alpha value is -4.48. The van der Waals surface area contributed by atoms with E-state index in [4.69, 9.17) is 0 Å². The lowest BCUT2D eigenvalue weighted by atomic mass is 9.87. The van der Waals surface area contributed by atoms with E-state index in [1.165, 1.54) is 28.6 Å². The van der Waals surface area contributed by atoms with Crippen molar-refractivity contribution in [3.05, 3.63) is 105 Å². The smallest absolute Gasteiger partial charge is 0.258 e. The molecule has 43 heavy (non-hydrogen) atoms. The number of para-hydroxylation sites is 1. The van der Waals surface area contributed by atoms with Crippen molar-refractivity contribution in [3.63, 3.8) is 0 Å². The number of nitro groups is 1. The van der Waals surface area contributed by atoms with Gasteiger partial charge in [0.1, 0.15) is 0 Å². The summed E-state index contributed by atoms with van der Waals surface area (Å²) in [5.41, 5.74) is 4.12. The minimum Gasteiger partial charge on any atom is -0.258 e. The van der Waals surface area contributed by atoms with Crippen molar-refractivity contribution in [2.75, 3.05) is 13.1 Å². The van der Waals surface area contributed by atoms with Crippen molar-refractivity contribution in [3.8, 4) is 34.8 Å². The number of benzene rings is 4.